The van der Waals surface area contributed by atoms with Crippen molar-refractivity contribution in [2.75, 3.05) is 19.0 Å². The largest absolute Gasteiger partial charge is 0.381 e. The van der Waals surface area contributed by atoms with Crippen LogP contribution in [0, 0.1) is 13.8 Å². The number of anilines is 1. The third kappa shape index (κ3) is 6.27. The third-order valence-electron chi connectivity index (χ3n) is 3.04. The SMILES string of the molecule is COC(C)CC(=O)NNC(=O)CNc1ccc(C)cc1C. The van der Waals surface area contributed by atoms with E-state index in [4.69, 9.17) is 4.74 Å². The molecule has 6 nitrogen and oxygen atoms in total. The highest BCUT2D eigenvalue weighted by Gasteiger charge is 2.09. The molecular weight excluding hydrogens is 270 g/mol. The minimum atomic E-state index is -0.312. The maximum atomic E-state index is 11.6. The van der Waals surface area contributed by atoms with Gasteiger partial charge in [-0.15, -0.1) is 0 Å². The van der Waals surface area contributed by atoms with Crippen molar-refractivity contribution in [1.29, 1.82) is 0 Å². The quantitative estimate of drug-likeness (QED) is 0.691. The fourth-order valence-corrected chi connectivity index (χ4v) is 1.77. The Bertz CT molecular complexity index is 503. The zero-order chi connectivity index (χ0) is 15.8. The molecule has 0 saturated carbocycles. The number of aryl methyl sites for hydroxylation is 2. The van der Waals surface area contributed by atoms with E-state index >= 15 is 0 Å². The van der Waals surface area contributed by atoms with Gasteiger partial charge in [0.1, 0.15) is 0 Å². The number of carbonyl (C=O) groups is 2. The second kappa shape index (κ2) is 8.26. The van der Waals surface area contributed by atoms with Gasteiger partial charge in [-0.2, -0.15) is 0 Å². The van der Waals surface area contributed by atoms with Crippen LogP contribution >= 0.6 is 0 Å². The number of nitrogens with one attached hydrogen (secondary N) is 3. The van der Waals surface area contributed by atoms with Gasteiger partial charge in [0.15, 0.2) is 0 Å². The molecule has 1 unspecified atom stereocenters. The van der Waals surface area contributed by atoms with Crippen LogP contribution < -0.4 is 16.2 Å². The number of carbonyl (C=O) groups excluding carboxylic acids is 2. The summed E-state index contributed by atoms with van der Waals surface area (Å²) in [7, 11) is 1.53. The molecule has 0 aromatic heterocycles. The molecule has 0 saturated heterocycles. The number of hydrazine groups is 1. The summed E-state index contributed by atoms with van der Waals surface area (Å²) in [6, 6.07) is 5.94. The first-order chi connectivity index (χ1) is 9.92. The van der Waals surface area contributed by atoms with Gasteiger partial charge in [-0.1, -0.05) is 17.7 Å². The highest BCUT2D eigenvalue weighted by molar-refractivity contribution is 5.84. The van der Waals surface area contributed by atoms with E-state index in [0.29, 0.717) is 0 Å². The number of hydrogen-bond acceptors (Lipinski definition) is 4. The first-order valence-electron chi connectivity index (χ1n) is 6.84. The maximum absolute atomic E-state index is 11.6. The lowest BCUT2D eigenvalue weighted by Gasteiger charge is -2.12. The third-order valence-corrected chi connectivity index (χ3v) is 3.04. The fourth-order valence-electron chi connectivity index (χ4n) is 1.77. The standard InChI is InChI=1S/C15H23N3O3/c1-10-5-6-13(11(2)7-10)16-9-15(20)18-17-14(19)8-12(3)21-4/h5-7,12,16H,8-9H2,1-4H3,(H,17,19)(H,18,20). The van der Waals surface area contributed by atoms with Crippen LogP contribution in [0.1, 0.15) is 24.5 Å². The van der Waals surface area contributed by atoms with Gasteiger partial charge in [0.25, 0.3) is 5.91 Å². The summed E-state index contributed by atoms with van der Waals surface area (Å²) in [5, 5.41) is 3.03. The van der Waals surface area contributed by atoms with Gasteiger partial charge >= 0.3 is 0 Å². The number of amides is 2. The highest BCUT2D eigenvalue weighted by atomic mass is 16.5. The van der Waals surface area contributed by atoms with Crippen LogP contribution in [0.5, 0.6) is 0 Å². The van der Waals surface area contributed by atoms with E-state index in [2.05, 4.69) is 16.2 Å². The van der Waals surface area contributed by atoms with Crippen LogP contribution in [0.15, 0.2) is 18.2 Å². The molecule has 0 aliphatic heterocycles. The molecule has 1 atom stereocenters. The Morgan fingerprint density at radius 1 is 1.19 bits per heavy atom. The lowest BCUT2D eigenvalue weighted by Crippen LogP contribution is -2.45. The van der Waals surface area contributed by atoms with Crippen LogP contribution in [0.3, 0.4) is 0 Å². The van der Waals surface area contributed by atoms with Crippen LogP contribution in [-0.4, -0.2) is 31.6 Å². The summed E-state index contributed by atoms with van der Waals surface area (Å²) in [6.07, 6.45) is 0.0107. The molecule has 3 N–H and O–H groups in total. The van der Waals surface area contributed by atoms with Crippen molar-refractivity contribution >= 4 is 17.5 Å². The summed E-state index contributed by atoms with van der Waals surface area (Å²) in [4.78, 5) is 23.1. The summed E-state index contributed by atoms with van der Waals surface area (Å²) in [5.74, 6) is -0.599. The normalized spacial score (nSPS) is 11.6. The summed E-state index contributed by atoms with van der Waals surface area (Å²) < 4.78 is 4.97. The zero-order valence-corrected chi connectivity index (χ0v) is 12.9. The Labute approximate surface area is 125 Å². The van der Waals surface area contributed by atoms with Gasteiger partial charge in [-0.05, 0) is 32.4 Å². The second-order valence-corrected chi connectivity index (χ2v) is 5.02. The van der Waals surface area contributed by atoms with Crippen molar-refractivity contribution in [3.05, 3.63) is 29.3 Å². The molecule has 0 fully saturated rings. The van der Waals surface area contributed by atoms with Crippen LogP contribution in [0.4, 0.5) is 5.69 Å². The Kier molecular flexibility index (Phi) is 6.68. The van der Waals surface area contributed by atoms with Gasteiger partial charge in [0.2, 0.25) is 5.91 Å². The highest BCUT2D eigenvalue weighted by Crippen LogP contribution is 2.15. The Morgan fingerprint density at radius 2 is 1.86 bits per heavy atom. The van der Waals surface area contributed by atoms with E-state index in [1.165, 1.54) is 12.7 Å². The lowest BCUT2D eigenvalue weighted by atomic mass is 10.1. The van der Waals surface area contributed by atoms with Crippen molar-refractivity contribution in [3.63, 3.8) is 0 Å². The molecular formula is C15H23N3O3. The van der Waals surface area contributed by atoms with Gasteiger partial charge in [0.05, 0.1) is 19.1 Å². The van der Waals surface area contributed by atoms with Crippen molar-refractivity contribution in [3.8, 4) is 0 Å². The van der Waals surface area contributed by atoms with Gasteiger partial charge < -0.3 is 10.1 Å². The molecule has 116 valence electrons. The van der Waals surface area contributed by atoms with E-state index in [-0.39, 0.29) is 30.9 Å². The fraction of sp³-hybridized carbons (Fsp3) is 0.467. The summed E-state index contributed by atoms with van der Waals surface area (Å²) >= 11 is 0. The maximum Gasteiger partial charge on any atom is 0.257 e. The molecule has 6 heteroatoms. The van der Waals surface area contributed by atoms with Gasteiger partial charge in [-0.3, -0.25) is 20.4 Å². The molecule has 1 aromatic rings. The number of rotatable bonds is 6. The van der Waals surface area contributed by atoms with Crippen LogP contribution in [-0.2, 0) is 14.3 Å². The Balaban J connectivity index is 2.32. The van der Waals surface area contributed by atoms with Crippen molar-refractivity contribution in [2.45, 2.75) is 33.3 Å². The first-order valence-corrected chi connectivity index (χ1v) is 6.84. The molecule has 0 radical (unpaired) electrons. The van der Waals surface area contributed by atoms with E-state index in [0.717, 1.165) is 11.3 Å². The number of benzene rings is 1. The van der Waals surface area contributed by atoms with Crippen molar-refractivity contribution in [1.82, 2.24) is 10.9 Å². The summed E-state index contributed by atoms with van der Waals surface area (Å²) in [6.45, 7) is 5.86. The molecule has 0 heterocycles. The molecule has 0 bridgehead atoms. The molecule has 1 rings (SSSR count). The average molecular weight is 293 g/mol. The molecule has 1 aromatic carbocycles. The van der Waals surface area contributed by atoms with Crippen LogP contribution in [0.2, 0.25) is 0 Å². The zero-order valence-electron chi connectivity index (χ0n) is 12.9. The van der Waals surface area contributed by atoms with Crippen molar-refractivity contribution < 1.29 is 14.3 Å². The predicted octanol–water partition coefficient (Wildman–Crippen LogP) is 1.29. The average Bonchev–Trinajstić information content (AvgIpc) is 2.44. The van der Waals surface area contributed by atoms with E-state index < -0.39 is 0 Å². The number of hydrogen-bond donors (Lipinski definition) is 3. The second-order valence-electron chi connectivity index (χ2n) is 5.02. The molecule has 21 heavy (non-hydrogen) atoms. The predicted molar refractivity (Wildman–Crippen MR) is 81.8 cm³/mol. The summed E-state index contributed by atoms with van der Waals surface area (Å²) in [5.41, 5.74) is 7.84. The van der Waals surface area contributed by atoms with E-state index in [1.807, 2.05) is 32.0 Å². The van der Waals surface area contributed by atoms with Gasteiger partial charge in [0, 0.05) is 12.8 Å². The Hall–Kier alpha value is -2.08. The lowest BCUT2D eigenvalue weighted by molar-refractivity contribution is -0.129. The minimum absolute atomic E-state index is 0.0873. The monoisotopic (exact) mass is 293 g/mol. The number of ether oxygens (including phenoxy) is 1. The molecule has 2 amide bonds. The minimum Gasteiger partial charge on any atom is -0.381 e. The van der Waals surface area contributed by atoms with Crippen molar-refractivity contribution in [2.24, 2.45) is 0 Å². The smallest absolute Gasteiger partial charge is 0.257 e. The molecule has 0 spiro atoms. The molecule has 0 aliphatic carbocycles. The first kappa shape index (κ1) is 17.0. The topological polar surface area (TPSA) is 79.5 Å². The Morgan fingerprint density at radius 3 is 2.48 bits per heavy atom. The van der Waals surface area contributed by atoms with E-state index in [9.17, 15) is 9.59 Å². The van der Waals surface area contributed by atoms with Gasteiger partial charge in [-0.25, -0.2) is 0 Å². The number of methoxy groups -OCH3 is 1. The van der Waals surface area contributed by atoms with Crippen LogP contribution in [0.25, 0.3) is 0 Å². The van der Waals surface area contributed by atoms with E-state index in [1.54, 1.807) is 6.92 Å². The molecule has 0 aliphatic rings.